The Hall–Kier alpha value is -2.31. The van der Waals surface area contributed by atoms with Gasteiger partial charge in [-0.2, -0.15) is 0 Å². The van der Waals surface area contributed by atoms with Gasteiger partial charge >= 0.3 is 6.03 Å². The molecule has 0 saturated heterocycles. The van der Waals surface area contributed by atoms with Crippen LogP contribution in [-0.4, -0.2) is 18.1 Å². The summed E-state index contributed by atoms with van der Waals surface area (Å²) in [7, 11) is 1.34. The zero-order valence-electron chi connectivity index (χ0n) is 7.89. The van der Waals surface area contributed by atoms with Crippen LogP contribution < -0.4 is 15.8 Å². The Bertz CT molecular complexity index is 405. The molecule has 1 aromatic rings. The van der Waals surface area contributed by atoms with Gasteiger partial charge in [-0.3, -0.25) is 10.1 Å². The van der Waals surface area contributed by atoms with Gasteiger partial charge in [0.25, 0.3) is 5.69 Å². The van der Waals surface area contributed by atoms with Crippen LogP contribution in [0.15, 0.2) is 18.2 Å². The highest BCUT2D eigenvalue weighted by molar-refractivity contribution is 5.89. The van der Waals surface area contributed by atoms with Gasteiger partial charge in [0, 0.05) is 6.07 Å². The van der Waals surface area contributed by atoms with Crippen molar-refractivity contribution in [1.82, 2.24) is 0 Å². The summed E-state index contributed by atoms with van der Waals surface area (Å²) in [6.07, 6.45) is 0. The number of hydrogen-bond donors (Lipinski definition) is 2. The van der Waals surface area contributed by atoms with E-state index in [1.165, 1.54) is 25.3 Å². The highest BCUT2D eigenvalue weighted by atomic mass is 16.6. The van der Waals surface area contributed by atoms with E-state index in [0.717, 1.165) is 0 Å². The van der Waals surface area contributed by atoms with E-state index in [2.05, 4.69) is 5.32 Å². The molecule has 7 heteroatoms. The Morgan fingerprint density at radius 1 is 1.60 bits per heavy atom. The van der Waals surface area contributed by atoms with Crippen LogP contribution in [-0.2, 0) is 0 Å². The number of methoxy groups -OCH3 is 1. The van der Waals surface area contributed by atoms with E-state index in [1.54, 1.807) is 0 Å². The lowest BCUT2D eigenvalue weighted by Crippen LogP contribution is -2.19. The summed E-state index contributed by atoms with van der Waals surface area (Å²) in [6, 6.07) is 3.03. The summed E-state index contributed by atoms with van der Waals surface area (Å²) in [5.41, 5.74) is 5.07. The van der Waals surface area contributed by atoms with Crippen LogP contribution in [0.2, 0.25) is 0 Å². The monoisotopic (exact) mass is 211 g/mol. The van der Waals surface area contributed by atoms with Gasteiger partial charge in [-0.05, 0) is 6.07 Å². The van der Waals surface area contributed by atoms with Crippen molar-refractivity contribution < 1.29 is 14.5 Å². The Morgan fingerprint density at radius 2 is 2.27 bits per heavy atom. The maximum absolute atomic E-state index is 10.6. The van der Waals surface area contributed by atoms with E-state index in [0.29, 0.717) is 0 Å². The fourth-order valence-electron chi connectivity index (χ4n) is 1.03. The number of rotatable bonds is 3. The molecule has 0 heterocycles. The lowest BCUT2D eigenvalue weighted by atomic mass is 10.2. The van der Waals surface area contributed by atoms with Gasteiger partial charge in [0.2, 0.25) is 0 Å². The van der Waals surface area contributed by atoms with Crippen molar-refractivity contribution in [1.29, 1.82) is 0 Å². The summed E-state index contributed by atoms with van der Waals surface area (Å²) in [6.45, 7) is 0. The molecular formula is C8H9N3O4. The highest BCUT2D eigenvalue weighted by Gasteiger charge is 2.11. The third-order valence-electron chi connectivity index (χ3n) is 1.65. The third-order valence-corrected chi connectivity index (χ3v) is 1.65. The number of ether oxygens (including phenoxy) is 1. The van der Waals surface area contributed by atoms with Gasteiger partial charge in [-0.1, -0.05) is 0 Å². The molecule has 0 aliphatic heterocycles. The highest BCUT2D eigenvalue weighted by Crippen LogP contribution is 2.28. The lowest BCUT2D eigenvalue weighted by molar-refractivity contribution is -0.384. The van der Waals surface area contributed by atoms with Crippen molar-refractivity contribution in [3.8, 4) is 5.75 Å². The summed E-state index contributed by atoms with van der Waals surface area (Å²) in [5.74, 6) is 0.183. The second-order valence-electron chi connectivity index (χ2n) is 2.63. The number of anilines is 1. The van der Waals surface area contributed by atoms with Gasteiger partial charge in [0.1, 0.15) is 5.75 Å². The largest absolute Gasteiger partial charge is 0.494 e. The number of amides is 2. The van der Waals surface area contributed by atoms with Gasteiger partial charge in [-0.25, -0.2) is 4.79 Å². The van der Waals surface area contributed by atoms with Gasteiger partial charge in [0.15, 0.2) is 0 Å². The van der Waals surface area contributed by atoms with Gasteiger partial charge in [-0.15, -0.1) is 0 Å². The number of non-ortho nitro benzene ring substituents is 1. The number of nitrogens with two attached hydrogens (primary N) is 1. The number of nitro groups is 1. The zero-order valence-corrected chi connectivity index (χ0v) is 7.89. The normalized spacial score (nSPS) is 9.40. The number of nitrogens with zero attached hydrogens (tertiary/aromatic N) is 1. The van der Waals surface area contributed by atoms with Crippen molar-refractivity contribution in [2.24, 2.45) is 5.73 Å². The SMILES string of the molecule is COc1cc([N+](=O)[O-])ccc1NC(N)=O. The fourth-order valence-corrected chi connectivity index (χ4v) is 1.03. The first-order chi connectivity index (χ1) is 7.04. The van der Waals surface area contributed by atoms with Crippen LogP contribution in [0.1, 0.15) is 0 Å². The molecule has 15 heavy (non-hydrogen) atoms. The van der Waals surface area contributed by atoms with Crippen molar-refractivity contribution in [3.63, 3.8) is 0 Å². The Morgan fingerprint density at radius 3 is 2.73 bits per heavy atom. The van der Waals surface area contributed by atoms with Gasteiger partial charge in [0.05, 0.1) is 23.8 Å². The van der Waals surface area contributed by atoms with E-state index < -0.39 is 11.0 Å². The van der Waals surface area contributed by atoms with Crippen LogP contribution in [0.4, 0.5) is 16.2 Å². The molecule has 1 rings (SSSR count). The van der Waals surface area contributed by atoms with Crippen LogP contribution in [0, 0.1) is 10.1 Å². The molecule has 0 unspecified atom stereocenters. The first-order valence-electron chi connectivity index (χ1n) is 3.93. The number of carbonyl (C=O) groups is 1. The molecule has 0 aromatic heterocycles. The van der Waals surface area contributed by atoms with Crippen LogP contribution >= 0.6 is 0 Å². The van der Waals surface area contributed by atoms with E-state index in [-0.39, 0.29) is 17.1 Å². The predicted octanol–water partition coefficient (Wildman–Crippen LogP) is 1.09. The smallest absolute Gasteiger partial charge is 0.316 e. The Kier molecular flexibility index (Phi) is 3.06. The Balaban J connectivity index is 3.08. The standard InChI is InChI=1S/C8H9N3O4/c1-15-7-4-5(11(13)14)2-3-6(7)10-8(9)12/h2-4H,1H3,(H3,9,10,12). The molecule has 0 atom stereocenters. The molecule has 0 radical (unpaired) electrons. The minimum Gasteiger partial charge on any atom is -0.494 e. The van der Waals surface area contributed by atoms with Crippen LogP contribution in [0.25, 0.3) is 0 Å². The Labute approximate surface area is 85.0 Å². The molecule has 2 amide bonds. The van der Waals surface area contributed by atoms with Gasteiger partial charge < -0.3 is 15.8 Å². The summed E-state index contributed by atoms with van der Waals surface area (Å²) in [4.78, 5) is 20.5. The number of nitrogens with one attached hydrogen (secondary N) is 1. The minimum absolute atomic E-state index is 0.123. The maximum atomic E-state index is 10.6. The van der Waals surface area contributed by atoms with Crippen molar-refractivity contribution in [2.75, 3.05) is 12.4 Å². The summed E-state index contributed by atoms with van der Waals surface area (Å²) >= 11 is 0. The number of urea groups is 1. The summed E-state index contributed by atoms with van der Waals surface area (Å²) in [5, 5.41) is 12.7. The molecule has 0 bridgehead atoms. The predicted molar refractivity (Wildman–Crippen MR) is 52.9 cm³/mol. The van der Waals surface area contributed by atoms with Crippen LogP contribution in [0.3, 0.4) is 0 Å². The van der Waals surface area contributed by atoms with E-state index in [1.807, 2.05) is 0 Å². The average Bonchev–Trinajstić information content (AvgIpc) is 2.17. The molecule has 3 N–H and O–H groups in total. The molecule has 80 valence electrons. The zero-order chi connectivity index (χ0) is 11.4. The molecule has 7 nitrogen and oxygen atoms in total. The topological polar surface area (TPSA) is 107 Å². The minimum atomic E-state index is -0.762. The number of nitro benzene ring substituents is 1. The van der Waals surface area contributed by atoms with Crippen molar-refractivity contribution >= 4 is 17.4 Å². The average molecular weight is 211 g/mol. The van der Waals surface area contributed by atoms with Crippen LogP contribution in [0.5, 0.6) is 5.75 Å². The molecule has 0 fully saturated rings. The lowest BCUT2D eigenvalue weighted by Gasteiger charge is -2.07. The first kappa shape index (κ1) is 10.8. The van der Waals surface area contributed by atoms with Crippen molar-refractivity contribution in [3.05, 3.63) is 28.3 Å². The quantitative estimate of drug-likeness (QED) is 0.576. The molecule has 1 aromatic carbocycles. The fraction of sp³-hybridized carbons (Fsp3) is 0.125. The number of primary amides is 1. The van der Waals surface area contributed by atoms with E-state index in [9.17, 15) is 14.9 Å². The van der Waals surface area contributed by atoms with Crippen molar-refractivity contribution in [2.45, 2.75) is 0 Å². The third kappa shape index (κ3) is 2.56. The molecule has 0 aliphatic carbocycles. The second kappa shape index (κ2) is 4.27. The van der Waals surface area contributed by atoms with E-state index in [4.69, 9.17) is 10.5 Å². The van der Waals surface area contributed by atoms with E-state index >= 15 is 0 Å². The first-order valence-corrected chi connectivity index (χ1v) is 3.93. The number of hydrogen-bond acceptors (Lipinski definition) is 4. The molecule has 0 spiro atoms. The second-order valence-corrected chi connectivity index (χ2v) is 2.63. The number of carbonyl (C=O) groups excluding carboxylic acids is 1. The maximum Gasteiger partial charge on any atom is 0.316 e. The molecule has 0 saturated carbocycles. The number of benzene rings is 1. The molecular weight excluding hydrogens is 202 g/mol. The summed E-state index contributed by atoms with van der Waals surface area (Å²) < 4.78 is 4.86. The molecule has 0 aliphatic rings.